The molecule has 0 unspecified atom stereocenters. The minimum Gasteiger partial charge on any atom is -0.372 e. The zero-order valence-electron chi connectivity index (χ0n) is 14.3. The fourth-order valence-electron chi connectivity index (χ4n) is 3.42. The molecule has 1 aliphatic heterocycles. The lowest BCUT2D eigenvalue weighted by molar-refractivity contribution is -0.136. The summed E-state index contributed by atoms with van der Waals surface area (Å²) in [7, 11) is 0. The number of hydrogen-bond donors (Lipinski definition) is 2. The lowest BCUT2D eigenvalue weighted by Crippen LogP contribution is -2.45. The van der Waals surface area contributed by atoms with E-state index in [4.69, 9.17) is 0 Å². The number of aliphatic hydroxyl groups is 1. The van der Waals surface area contributed by atoms with Crippen LogP contribution in [0, 0.1) is 0 Å². The highest BCUT2D eigenvalue weighted by molar-refractivity contribution is 5.90. The third-order valence-electron chi connectivity index (χ3n) is 4.80. The van der Waals surface area contributed by atoms with Gasteiger partial charge >= 0.3 is 0 Å². The summed E-state index contributed by atoms with van der Waals surface area (Å²) in [5.41, 5.74) is -0.721. The third-order valence-corrected chi connectivity index (χ3v) is 4.80. The second-order valence-electron chi connectivity index (χ2n) is 6.41. The Balaban J connectivity index is 1.62. The molecule has 0 atom stereocenters. The van der Waals surface area contributed by atoms with Gasteiger partial charge in [-0.3, -0.25) is 4.79 Å². The highest BCUT2D eigenvalue weighted by Crippen LogP contribution is 2.30. The summed E-state index contributed by atoms with van der Waals surface area (Å²) in [5.74, 6) is 1.19. The Morgan fingerprint density at radius 1 is 1.04 bits per heavy atom. The summed E-state index contributed by atoms with van der Waals surface area (Å²) < 4.78 is 2.03. The molecule has 1 aliphatic rings. The molecule has 0 bridgehead atoms. The predicted molar refractivity (Wildman–Crippen MR) is 96.1 cm³/mol. The molecule has 2 aromatic carbocycles. The number of benzene rings is 2. The van der Waals surface area contributed by atoms with Crippen LogP contribution in [0.1, 0.15) is 29.2 Å². The summed E-state index contributed by atoms with van der Waals surface area (Å²) >= 11 is 0. The standard InChI is InChI=1S/C20H20N4O2/c25-19(21-14-18-23-22-17-12-7-13-24(17)18)20(26,15-8-3-1-4-9-15)16-10-5-2-6-11-16/h1-6,8-11,26H,7,12-14H2,(H,21,25). The molecule has 2 heterocycles. The molecule has 6 nitrogen and oxygen atoms in total. The summed E-state index contributed by atoms with van der Waals surface area (Å²) in [6.45, 7) is 1.10. The van der Waals surface area contributed by atoms with E-state index in [9.17, 15) is 9.90 Å². The van der Waals surface area contributed by atoms with Crippen LogP contribution in [0.2, 0.25) is 0 Å². The number of aromatic nitrogens is 3. The van der Waals surface area contributed by atoms with E-state index in [1.807, 2.05) is 41.0 Å². The summed E-state index contributed by atoms with van der Waals surface area (Å²) in [5, 5.41) is 22.5. The number of fused-ring (bicyclic) bond motifs is 1. The molecule has 1 aromatic heterocycles. The van der Waals surface area contributed by atoms with Gasteiger partial charge in [0.2, 0.25) is 0 Å². The van der Waals surface area contributed by atoms with Crippen LogP contribution in [0.3, 0.4) is 0 Å². The van der Waals surface area contributed by atoms with E-state index in [1.165, 1.54) is 0 Å². The van der Waals surface area contributed by atoms with Crippen molar-refractivity contribution in [1.82, 2.24) is 20.1 Å². The van der Waals surface area contributed by atoms with Gasteiger partial charge in [-0.15, -0.1) is 10.2 Å². The van der Waals surface area contributed by atoms with Crippen molar-refractivity contribution in [3.63, 3.8) is 0 Å². The van der Waals surface area contributed by atoms with Gasteiger partial charge < -0.3 is 15.0 Å². The van der Waals surface area contributed by atoms with E-state index in [0.717, 1.165) is 25.2 Å². The Morgan fingerprint density at radius 2 is 1.65 bits per heavy atom. The van der Waals surface area contributed by atoms with Gasteiger partial charge in [-0.1, -0.05) is 60.7 Å². The van der Waals surface area contributed by atoms with Gasteiger partial charge in [-0.25, -0.2) is 0 Å². The number of hydrogen-bond acceptors (Lipinski definition) is 4. The number of nitrogens with one attached hydrogen (secondary N) is 1. The van der Waals surface area contributed by atoms with E-state index in [2.05, 4.69) is 15.5 Å². The number of carbonyl (C=O) groups is 1. The molecule has 2 N–H and O–H groups in total. The Bertz CT molecular complexity index is 867. The van der Waals surface area contributed by atoms with Gasteiger partial charge in [0.05, 0.1) is 6.54 Å². The fourth-order valence-corrected chi connectivity index (χ4v) is 3.42. The van der Waals surface area contributed by atoms with Crippen molar-refractivity contribution in [3.8, 4) is 0 Å². The maximum absolute atomic E-state index is 13.0. The minimum absolute atomic E-state index is 0.230. The van der Waals surface area contributed by atoms with Crippen molar-refractivity contribution < 1.29 is 9.90 Å². The Hall–Kier alpha value is -2.99. The van der Waals surface area contributed by atoms with Gasteiger partial charge in [0.15, 0.2) is 11.4 Å². The molecule has 26 heavy (non-hydrogen) atoms. The monoisotopic (exact) mass is 348 g/mol. The van der Waals surface area contributed by atoms with Crippen LogP contribution in [0.5, 0.6) is 0 Å². The van der Waals surface area contributed by atoms with E-state index < -0.39 is 11.5 Å². The van der Waals surface area contributed by atoms with Crippen LogP contribution in [0.15, 0.2) is 60.7 Å². The quantitative estimate of drug-likeness (QED) is 0.736. The summed E-state index contributed by atoms with van der Waals surface area (Å²) in [6.07, 6.45) is 1.96. The Kier molecular flexibility index (Phi) is 4.26. The molecule has 4 rings (SSSR count). The Labute approximate surface area is 151 Å². The molecule has 3 aromatic rings. The van der Waals surface area contributed by atoms with Crippen molar-refractivity contribution in [2.24, 2.45) is 0 Å². The van der Waals surface area contributed by atoms with E-state index in [-0.39, 0.29) is 6.54 Å². The topological polar surface area (TPSA) is 80.0 Å². The van der Waals surface area contributed by atoms with Crippen molar-refractivity contribution in [3.05, 3.63) is 83.4 Å². The van der Waals surface area contributed by atoms with Crippen LogP contribution in [0.4, 0.5) is 0 Å². The molecular formula is C20H20N4O2. The van der Waals surface area contributed by atoms with Crippen LogP contribution < -0.4 is 5.32 Å². The minimum atomic E-state index is -1.77. The zero-order chi connectivity index (χ0) is 18.0. The fraction of sp³-hybridized carbons (Fsp3) is 0.250. The lowest BCUT2D eigenvalue weighted by Gasteiger charge is -2.28. The maximum Gasteiger partial charge on any atom is 0.261 e. The summed E-state index contributed by atoms with van der Waals surface area (Å²) in [6, 6.07) is 17.9. The summed E-state index contributed by atoms with van der Waals surface area (Å²) in [4.78, 5) is 13.0. The van der Waals surface area contributed by atoms with Crippen molar-refractivity contribution in [1.29, 1.82) is 0 Å². The van der Waals surface area contributed by atoms with Crippen LogP contribution in [-0.4, -0.2) is 25.8 Å². The molecule has 132 valence electrons. The first kappa shape index (κ1) is 16.5. The molecule has 0 spiro atoms. The van der Waals surface area contributed by atoms with Gasteiger partial charge in [-0.05, 0) is 17.5 Å². The molecule has 0 radical (unpaired) electrons. The van der Waals surface area contributed by atoms with E-state index in [1.54, 1.807) is 24.3 Å². The van der Waals surface area contributed by atoms with E-state index in [0.29, 0.717) is 17.0 Å². The van der Waals surface area contributed by atoms with E-state index >= 15 is 0 Å². The van der Waals surface area contributed by atoms with Gasteiger partial charge in [0.25, 0.3) is 5.91 Å². The SMILES string of the molecule is O=C(NCc1nnc2n1CCC2)C(O)(c1ccccc1)c1ccccc1. The average Bonchev–Trinajstić information content (AvgIpc) is 3.31. The molecule has 0 aliphatic carbocycles. The number of aryl methyl sites for hydroxylation is 1. The van der Waals surface area contributed by atoms with Gasteiger partial charge in [-0.2, -0.15) is 0 Å². The molecule has 1 amide bonds. The highest BCUT2D eigenvalue weighted by atomic mass is 16.3. The van der Waals surface area contributed by atoms with Gasteiger partial charge in [0.1, 0.15) is 5.82 Å². The molecule has 0 saturated carbocycles. The molecule has 0 saturated heterocycles. The van der Waals surface area contributed by atoms with Crippen molar-refractivity contribution in [2.45, 2.75) is 31.5 Å². The lowest BCUT2D eigenvalue weighted by atomic mass is 9.85. The largest absolute Gasteiger partial charge is 0.372 e. The second kappa shape index (κ2) is 6.72. The zero-order valence-corrected chi connectivity index (χ0v) is 14.3. The molecule has 0 fully saturated rings. The highest BCUT2D eigenvalue weighted by Gasteiger charge is 2.39. The Morgan fingerprint density at radius 3 is 2.27 bits per heavy atom. The maximum atomic E-state index is 13.0. The van der Waals surface area contributed by atoms with Crippen LogP contribution in [-0.2, 0) is 29.9 Å². The number of nitrogens with zero attached hydrogens (tertiary/aromatic N) is 3. The molecular weight excluding hydrogens is 328 g/mol. The number of rotatable bonds is 5. The van der Waals surface area contributed by atoms with Crippen molar-refractivity contribution in [2.75, 3.05) is 0 Å². The predicted octanol–water partition coefficient (Wildman–Crippen LogP) is 1.78. The van der Waals surface area contributed by atoms with Crippen LogP contribution in [0.25, 0.3) is 0 Å². The van der Waals surface area contributed by atoms with Crippen molar-refractivity contribution >= 4 is 5.91 Å². The first-order valence-corrected chi connectivity index (χ1v) is 8.72. The first-order valence-electron chi connectivity index (χ1n) is 8.72. The number of amides is 1. The second-order valence-corrected chi connectivity index (χ2v) is 6.41. The first-order chi connectivity index (χ1) is 12.7. The number of carbonyl (C=O) groups excluding carboxylic acids is 1. The molecule has 6 heteroatoms. The average molecular weight is 348 g/mol. The smallest absolute Gasteiger partial charge is 0.261 e. The van der Waals surface area contributed by atoms with Crippen LogP contribution >= 0.6 is 0 Å². The normalized spacial score (nSPS) is 13.4. The van der Waals surface area contributed by atoms with Gasteiger partial charge in [0, 0.05) is 13.0 Å². The third kappa shape index (κ3) is 2.78.